The van der Waals surface area contributed by atoms with E-state index in [1.54, 1.807) is 13.2 Å². The molecule has 2 aliphatic rings. The summed E-state index contributed by atoms with van der Waals surface area (Å²) in [4.78, 5) is 16.2. The van der Waals surface area contributed by atoms with Gasteiger partial charge in [-0.2, -0.15) is 5.10 Å². The van der Waals surface area contributed by atoms with E-state index in [2.05, 4.69) is 35.3 Å². The van der Waals surface area contributed by atoms with E-state index in [1.807, 2.05) is 29.1 Å². The highest BCUT2D eigenvalue weighted by Crippen LogP contribution is 2.40. The second-order valence-electron chi connectivity index (χ2n) is 8.98. The van der Waals surface area contributed by atoms with Crippen LogP contribution in [0, 0.1) is 16.7 Å². The van der Waals surface area contributed by atoms with Gasteiger partial charge in [-0.05, 0) is 36.3 Å². The predicted octanol–water partition coefficient (Wildman–Crippen LogP) is 3.08. The normalized spacial score (nSPS) is 20.5. The number of hydrogen-bond acceptors (Lipinski definition) is 5. The fourth-order valence-corrected chi connectivity index (χ4v) is 4.25. The van der Waals surface area contributed by atoms with Crippen LogP contribution in [0.3, 0.4) is 0 Å². The lowest BCUT2D eigenvalue weighted by molar-refractivity contribution is -0.116. The molecule has 30 heavy (non-hydrogen) atoms. The van der Waals surface area contributed by atoms with Crippen molar-refractivity contribution in [2.75, 3.05) is 7.05 Å². The standard InChI is InChI=1S/C23H28N6O/c1-23(2)9-18(19(24)10-23)20(25)16-8-17-13-29(28-21(17)27-11-16)12-14-4-6-15(7-5-14)22(30)26-3/h4,6-8,11,13-14,25H,5,9-10,12,24H2,1-3H3,(H,26,30). The zero-order chi connectivity index (χ0) is 21.5. The molecule has 2 heterocycles. The van der Waals surface area contributed by atoms with E-state index >= 15 is 0 Å². The number of amides is 1. The minimum absolute atomic E-state index is 0.0601. The first-order chi connectivity index (χ1) is 14.3. The quantitative estimate of drug-likeness (QED) is 0.665. The van der Waals surface area contributed by atoms with Crippen molar-refractivity contribution in [3.8, 4) is 0 Å². The van der Waals surface area contributed by atoms with Gasteiger partial charge in [-0.1, -0.05) is 32.1 Å². The van der Waals surface area contributed by atoms with E-state index in [0.29, 0.717) is 23.5 Å². The summed E-state index contributed by atoms with van der Waals surface area (Å²) in [5.74, 6) is 0.214. The lowest BCUT2D eigenvalue weighted by atomic mass is 9.88. The highest BCUT2D eigenvalue weighted by atomic mass is 16.1. The van der Waals surface area contributed by atoms with Crippen LogP contribution < -0.4 is 11.1 Å². The zero-order valence-corrected chi connectivity index (χ0v) is 17.7. The SMILES string of the molecule is CNC(=O)C1=CCC(Cn2cc3cc(C(=N)C4=C(N)CC(C)(C)C4)cnc3n2)C=C1. The van der Waals surface area contributed by atoms with Crippen molar-refractivity contribution in [2.24, 2.45) is 17.1 Å². The van der Waals surface area contributed by atoms with Crippen LogP contribution in [0.2, 0.25) is 0 Å². The number of carbonyl (C=O) groups excluding carboxylic acids is 1. The second kappa shape index (κ2) is 7.55. The van der Waals surface area contributed by atoms with E-state index in [1.165, 1.54) is 0 Å². The van der Waals surface area contributed by atoms with Gasteiger partial charge in [0.05, 0.1) is 5.71 Å². The van der Waals surface area contributed by atoms with Gasteiger partial charge in [0, 0.05) is 54.1 Å². The van der Waals surface area contributed by atoms with Crippen molar-refractivity contribution >= 4 is 22.7 Å². The monoisotopic (exact) mass is 404 g/mol. The van der Waals surface area contributed by atoms with Gasteiger partial charge in [-0.3, -0.25) is 14.9 Å². The third-order valence-electron chi connectivity index (χ3n) is 5.81. The lowest BCUT2D eigenvalue weighted by Crippen LogP contribution is -2.21. The molecule has 0 spiro atoms. The Morgan fingerprint density at radius 3 is 2.83 bits per heavy atom. The number of nitrogens with one attached hydrogen (secondary N) is 2. The summed E-state index contributed by atoms with van der Waals surface area (Å²) >= 11 is 0. The third-order valence-corrected chi connectivity index (χ3v) is 5.81. The highest BCUT2D eigenvalue weighted by molar-refractivity contribution is 6.12. The van der Waals surface area contributed by atoms with Crippen molar-refractivity contribution in [3.63, 3.8) is 0 Å². The Morgan fingerprint density at radius 2 is 2.20 bits per heavy atom. The van der Waals surface area contributed by atoms with E-state index < -0.39 is 0 Å². The third kappa shape index (κ3) is 3.92. The summed E-state index contributed by atoms with van der Waals surface area (Å²) in [5.41, 5.74) is 10.7. The molecule has 4 rings (SSSR count). The number of rotatable bonds is 5. The number of nitrogens with zero attached hydrogens (tertiary/aromatic N) is 3. The average Bonchev–Trinajstić information content (AvgIpc) is 3.24. The van der Waals surface area contributed by atoms with Gasteiger partial charge < -0.3 is 11.1 Å². The van der Waals surface area contributed by atoms with Crippen LogP contribution in [0.1, 0.15) is 38.7 Å². The molecule has 1 amide bonds. The number of allylic oxidation sites excluding steroid dienone is 4. The zero-order valence-electron chi connectivity index (χ0n) is 17.7. The first kappa shape index (κ1) is 20.1. The Kier molecular flexibility index (Phi) is 5.05. The van der Waals surface area contributed by atoms with Crippen molar-refractivity contribution in [1.82, 2.24) is 20.1 Å². The molecule has 2 aliphatic carbocycles. The van der Waals surface area contributed by atoms with E-state index in [-0.39, 0.29) is 17.2 Å². The molecule has 0 bridgehead atoms. The molecular weight excluding hydrogens is 376 g/mol. The van der Waals surface area contributed by atoms with Crippen LogP contribution in [-0.4, -0.2) is 33.4 Å². The first-order valence-corrected chi connectivity index (χ1v) is 10.3. The number of hydrogen-bond donors (Lipinski definition) is 3. The second-order valence-corrected chi connectivity index (χ2v) is 8.98. The number of carbonyl (C=O) groups is 1. The summed E-state index contributed by atoms with van der Waals surface area (Å²) in [6.07, 6.45) is 12.0. The predicted molar refractivity (Wildman–Crippen MR) is 118 cm³/mol. The Hall–Kier alpha value is -3.22. The lowest BCUT2D eigenvalue weighted by Gasteiger charge is -2.16. The van der Waals surface area contributed by atoms with Gasteiger partial charge in [-0.25, -0.2) is 4.98 Å². The fourth-order valence-electron chi connectivity index (χ4n) is 4.25. The molecule has 0 aromatic carbocycles. The molecule has 1 unspecified atom stereocenters. The summed E-state index contributed by atoms with van der Waals surface area (Å²) in [7, 11) is 1.64. The van der Waals surface area contributed by atoms with Crippen LogP contribution >= 0.6 is 0 Å². The number of nitrogens with two attached hydrogens (primary N) is 1. The topological polar surface area (TPSA) is 110 Å². The molecule has 2 aromatic rings. The smallest absolute Gasteiger partial charge is 0.250 e. The van der Waals surface area contributed by atoms with Crippen molar-refractivity contribution in [2.45, 2.75) is 39.7 Å². The summed E-state index contributed by atoms with van der Waals surface area (Å²) < 4.78 is 1.89. The molecule has 0 aliphatic heterocycles. The highest BCUT2D eigenvalue weighted by Gasteiger charge is 2.31. The summed E-state index contributed by atoms with van der Waals surface area (Å²) in [6, 6.07) is 1.97. The molecule has 0 fully saturated rings. The number of pyridine rings is 1. The van der Waals surface area contributed by atoms with Gasteiger partial charge in [0.1, 0.15) is 0 Å². The molecule has 4 N–H and O–H groups in total. The van der Waals surface area contributed by atoms with Gasteiger partial charge in [0.25, 0.3) is 5.91 Å². The number of aromatic nitrogens is 3. The van der Waals surface area contributed by atoms with Crippen LogP contribution in [0.5, 0.6) is 0 Å². The Labute approximate surface area is 176 Å². The summed E-state index contributed by atoms with van der Waals surface area (Å²) in [5, 5.41) is 16.8. The summed E-state index contributed by atoms with van der Waals surface area (Å²) in [6.45, 7) is 5.07. The van der Waals surface area contributed by atoms with E-state index in [0.717, 1.165) is 41.5 Å². The van der Waals surface area contributed by atoms with Crippen LogP contribution in [0.4, 0.5) is 0 Å². The number of fused-ring (bicyclic) bond motifs is 1. The van der Waals surface area contributed by atoms with Crippen molar-refractivity contribution in [3.05, 3.63) is 59.1 Å². The molecule has 0 radical (unpaired) electrons. The van der Waals surface area contributed by atoms with Crippen molar-refractivity contribution < 1.29 is 4.79 Å². The maximum atomic E-state index is 11.7. The van der Waals surface area contributed by atoms with Gasteiger partial charge in [-0.15, -0.1) is 0 Å². The van der Waals surface area contributed by atoms with Gasteiger partial charge >= 0.3 is 0 Å². The number of likely N-dealkylation sites (N-methyl/N-ethyl adjacent to an activating group) is 1. The molecule has 0 saturated carbocycles. The van der Waals surface area contributed by atoms with Crippen molar-refractivity contribution in [1.29, 1.82) is 5.41 Å². The minimum atomic E-state index is -0.0601. The average molecular weight is 405 g/mol. The Morgan fingerprint density at radius 1 is 1.40 bits per heavy atom. The van der Waals surface area contributed by atoms with Crippen LogP contribution in [0.15, 0.2) is 53.5 Å². The van der Waals surface area contributed by atoms with Gasteiger partial charge in [0.2, 0.25) is 0 Å². The maximum absolute atomic E-state index is 11.7. The Bertz CT molecular complexity index is 1120. The van der Waals surface area contributed by atoms with E-state index in [9.17, 15) is 4.79 Å². The van der Waals surface area contributed by atoms with Gasteiger partial charge in [0.15, 0.2) is 5.65 Å². The molecule has 1 atom stereocenters. The Balaban J connectivity index is 1.49. The first-order valence-electron chi connectivity index (χ1n) is 10.3. The molecule has 0 saturated heterocycles. The molecule has 2 aromatic heterocycles. The molecule has 7 nitrogen and oxygen atoms in total. The minimum Gasteiger partial charge on any atom is -0.402 e. The largest absolute Gasteiger partial charge is 0.402 e. The maximum Gasteiger partial charge on any atom is 0.250 e. The van der Waals surface area contributed by atoms with E-state index in [4.69, 9.17) is 11.1 Å². The molecule has 7 heteroatoms. The molecular formula is C23H28N6O. The fraction of sp³-hybridized carbons (Fsp3) is 0.391. The van der Waals surface area contributed by atoms with Crippen LogP contribution in [0.25, 0.3) is 11.0 Å². The van der Waals surface area contributed by atoms with Crippen LogP contribution in [-0.2, 0) is 11.3 Å². The molecule has 156 valence electrons.